The molecule has 2 atom stereocenters. The Balaban J connectivity index is 1.60. The summed E-state index contributed by atoms with van der Waals surface area (Å²) in [6.45, 7) is 4.70. The normalized spacial score (nSPS) is 29.5. The lowest BCUT2D eigenvalue weighted by Crippen LogP contribution is -2.31. The molecular formula is C14H23NO2. The monoisotopic (exact) mass is 237 g/mol. The first kappa shape index (κ1) is 12.6. The maximum Gasteiger partial charge on any atom is 0.243 e. The average molecular weight is 237 g/mol. The molecule has 3 nitrogen and oxygen atoms in total. The topological polar surface area (TPSA) is 38.3 Å². The fourth-order valence-electron chi connectivity index (χ4n) is 2.44. The van der Waals surface area contributed by atoms with Crippen LogP contribution < -0.4 is 5.32 Å². The highest BCUT2D eigenvalue weighted by Gasteiger charge is 2.32. The standard InChI is InChI=1S/C14H23NO2/c1-2-12-9-13(12)3-4-14(16)15-10-11-5-7-17-8-6-11/h3-4,11-13H,2,5-10H2,1H3,(H,15,16)/b4-3+/t12-,13-/m1/s1. The summed E-state index contributed by atoms with van der Waals surface area (Å²) in [5.41, 5.74) is 0. The van der Waals surface area contributed by atoms with Gasteiger partial charge in [0.05, 0.1) is 0 Å². The fourth-order valence-corrected chi connectivity index (χ4v) is 2.44. The van der Waals surface area contributed by atoms with Crippen LogP contribution >= 0.6 is 0 Å². The highest BCUT2D eigenvalue weighted by molar-refractivity contribution is 5.87. The van der Waals surface area contributed by atoms with Crippen molar-refractivity contribution in [3.63, 3.8) is 0 Å². The zero-order valence-corrected chi connectivity index (χ0v) is 10.7. The molecule has 2 aliphatic rings. The number of allylic oxidation sites excluding steroid dienone is 1. The van der Waals surface area contributed by atoms with Gasteiger partial charge in [0.15, 0.2) is 0 Å². The second kappa shape index (κ2) is 6.20. The van der Waals surface area contributed by atoms with E-state index in [0.29, 0.717) is 11.8 Å². The van der Waals surface area contributed by atoms with Crippen LogP contribution in [0.2, 0.25) is 0 Å². The summed E-state index contributed by atoms with van der Waals surface area (Å²) in [7, 11) is 0. The first-order valence-electron chi connectivity index (χ1n) is 6.83. The first-order valence-corrected chi connectivity index (χ1v) is 6.83. The van der Waals surface area contributed by atoms with Gasteiger partial charge in [-0.25, -0.2) is 0 Å². The summed E-state index contributed by atoms with van der Waals surface area (Å²) in [4.78, 5) is 11.6. The molecule has 1 saturated heterocycles. The SMILES string of the molecule is CC[C@@H]1C[C@H]1/C=C/C(=O)NCC1CCOCC1. The number of ether oxygens (including phenoxy) is 1. The van der Waals surface area contributed by atoms with E-state index in [1.807, 2.05) is 0 Å². The molecule has 0 radical (unpaired) electrons. The minimum Gasteiger partial charge on any atom is -0.381 e. The van der Waals surface area contributed by atoms with Gasteiger partial charge in [0.25, 0.3) is 0 Å². The second-order valence-corrected chi connectivity index (χ2v) is 5.23. The first-order chi connectivity index (χ1) is 8.29. The van der Waals surface area contributed by atoms with E-state index in [1.165, 1.54) is 12.8 Å². The molecule has 96 valence electrons. The van der Waals surface area contributed by atoms with Crippen LogP contribution in [0.3, 0.4) is 0 Å². The molecular weight excluding hydrogens is 214 g/mol. The summed E-state index contributed by atoms with van der Waals surface area (Å²) in [5.74, 6) is 2.16. The molecule has 1 amide bonds. The highest BCUT2D eigenvalue weighted by Crippen LogP contribution is 2.41. The molecule has 17 heavy (non-hydrogen) atoms. The third-order valence-electron chi connectivity index (χ3n) is 3.90. The molecule has 0 aromatic carbocycles. The number of rotatable bonds is 5. The van der Waals surface area contributed by atoms with Gasteiger partial charge in [-0.05, 0) is 43.1 Å². The van der Waals surface area contributed by atoms with Crippen molar-refractivity contribution in [1.29, 1.82) is 0 Å². The van der Waals surface area contributed by atoms with Crippen LogP contribution in [0, 0.1) is 17.8 Å². The lowest BCUT2D eigenvalue weighted by molar-refractivity contribution is -0.116. The van der Waals surface area contributed by atoms with E-state index in [1.54, 1.807) is 6.08 Å². The summed E-state index contributed by atoms with van der Waals surface area (Å²) in [6.07, 6.45) is 8.45. The van der Waals surface area contributed by atoms with E-state index in [2.05, 4.69) is 18.3 Å². The van der Waals surface area contributed by atoms with Gasteiger partial charge in [-0.15, -0.1) is 0 Å². The summed E-state index contributed by atoms with van der Waals surface area (Å²) in [5, 5.41) is 2.99. The van der Waals surface area contributed by atoms with Gasteiger partial charge in [-0.2, -0.15) is 0 Å². The van der Waals surface area contributed by atoms with E-state index >= 15 is 0 Å². The fraction of sp³-hybridized carbons (Fsp3) is 0.786. The maximum absolute atomic E-state index is 11.6. The van der Waals surface area contributed by atoms with Crippen LogP contribution in [0.25, 0.3) is 0 Å². The molecule has 1 aliphatic heterocycles. The number of carbonyl (C=O) groups is 1. The van der Waals surface area contributed by atoms with Gasteiger partial charge >= 0.3 is 0 Å². The zero-order chi connectivity index (χ0) is 12.1. The van der Waals surface area contributed by atoms with Crippen molar-refractivity contribution >= 4 is 5.91 Å². The molecule has 3 heteroatoms. The number of carbonyl (C=O) groups excluding carboxylic acids is 1. The lowest BCUT2D eigenvalue weighted by Gasteiger charge is -2.21. The molecule has 1 aliphatic carbocycles. The Morgan fingerprint density at radius 3 is 2.82 bits per heavy atom. The summed E-state index contributed by atoms with van der Waals surface area (Å²) >= 11 is 0. The minimum absolute atomic E-state index is 0.0678. The highest BCUT2D eigenvalue weighted by atomic mass is 16.5. The van der Waals surface area contributed by atoms with E-state index in [-0.39, 0.29) is 5.91 Å². The van der Waals surface area contributed by atoms with Gasteiger partial charge in [0.2, 0.25) is 5.91 Å². The molecule has 1 saturated carbocycles. The van der Waals surface area contributed by atoms with Crippen molar-refractivity contribution in [2.75, 3.05) is 19.8 Å². The molecule has 0 unspecified atom stereocenters. The van der Waals surface area contributed by atoms with Crippen molar-refractivity contribution in [2.45, 2.75) is 32.6 Å². The van der Waals surface area contributed by atoms with Gasteiger partial charge in [0, 0.05) is 19.8 Å². The van der Waals surface area contributed by atoms with E-state index < -0.39 is 0 Å². The third-order valence-corrected chi connectivity index (χ3v) is 3.90. The molecule has 0 aromatic rings. The van der Waals surface area contributed by atoms with Crippen LogP contribution in [0.5, 0.6) is 0 Å². The van der Waals surface area contributed by atoms with Crippen molar-refractivity contribution in [3.05, 3.63) is 12.2 Å². The van der Waals surface area contributed by atoms with Crippen LogP contribution in [0.15, 0.2) is 12.2 Å². The quantitative estimate of drug-likeness (QED) is 0.744. The number of amides is 1. The molecule has 2 rings (SSSR count). The van der Waals surface area contributed by atoms with Gasteiger partial charge in [-0.1, -0.05) is 19.4 Å². The Hall–Kier alpha value is -0.830. The Bertz CT molecular complexity index is 282. The second-order valence-electron chi connectivity index (χ2n) is 5.23. The average Bonchev–Trinajstić information content (AvgIpc) is 3.14. The largest absolute Gasteiger partial charge is 0.381 e. The van der Waals surface area contributed by atoms with Gasteiger partial charge < -0.3 is 10.1 Å². The maximum atomic E-state index is 11.6. The number of hydrogen-bond donors (Lipinski definition) is 1. The summed E-state index contributed by atoms with van der Waals surface area (Å²) < 4.78 is 5.29. The summed E-state index contributed by atoms with van der Waals surface area (Å²) in [6, 6.07) is 0. The van der Waals surface area contributed by atoms with Crippen LogP contribution in [0.4, 0.5) is 0 Å². The Morgan fingerprint density at radius 2 is 2.18 bits per heavy atom. The smallest absolute Gasteiger partial charge is 0.243 e. The number of hydrogen-bond acceptors (Lipinski definition) is 2. The molecule has 0 bridgehead atoms. The van der Waals surface area contributed by atoms with Gasteiger partial charge in [0.1, 0.15) is 0 Å². The Morgan fingerprint density at radius 1 is 1.41 bits per heavy atom. The molecule has 2 fully saturated rings. The Kier molecular flexibility index (Phi) is 4.60. The van der Waals surface area contributed by atoms with Crippen molar-refractivity contribution in [1.82, 2.24) is 5.32 Å². The van der Waals surface area contributed by atoms with Crippen LogP contribution in [-0.2, 0) is 9.53 Å². The van der Waals surface area contributed by atoms with E-state index in [9.17, 15) is 4.79 Å². The lowest BCUT2D eigenvalue weighted by atomic mass is 10.0. The minimum atomic E-state index is 0.0678. The number of nitrogens with one attached hydrogen (secondary N) is 1. The molecule has 1 heterocycles. The predicted molar refractivity (Wildman–Crippen MR) is 67.6 cm³/mol. The van der Waals surface area contributed by atoms with Gasteiger partial charge in [-0.3, -0.25) is 4.79 Å². The van der Waals surface area contributed by atoms with Crippen molar-refractivity contribution in [2.24, 2.45) is 17.8 Å². The predicted octanol–water partition coefficient (Wildman–Crippen LogP) is 2.13. The third kappa shape index (κ3) is 4.15. The molecule has 0 aromatic heterocycles. The van der Waals surface area contributed by atoms with Crippen LogP contribution in [0.1, 0.15) is 32.6 Å². The zero-order valence-electron chi connectivity index (χ0n) is 10.7. The van der Waals surface area contributed by atoms with Crippen LogP contribution in [-0.4, -0.2) is 25.7 Å². The van der Waals surface area contributed by atoms with E-state index in [0.717, 1.165) is 38.5 Å². The molecule has 1 N–H and O–H groups in total. The molecule has 0 spiro atoms. The van der Waals surface area contributed by atoms with Crippen molar-refractivity contribution in [3.8, 4) is 0 Å². The van der Waals surface area contributed by atoms with Crippen molar-refractivity contribution < 1.29 is 9.53 Å². The Labute approximate surface area is 104 Å². The van der Waals surface area contributed by atoms with E-state index in [4.69, 9.17) is 4.74 Å².